The van der Waals surface area contributed by atoms with Crippen molar-refractivity contribution >= 4 is 12.0 Å². The van der Waals surface area contributed by atoms with E-state index in [-0.39, 0.29) is 11.3 Å². The fourth-order valence-electron chi connectivity index (χ4n) is 2.85. The number of likely N-dealkylation sites (tertiary alicyclic amines) is 1. The van der Waals surface area contributed by atoms with Gasteiger partial charge in [-0.3, -0.25) is 4.79 Å². The van der Waals surface area contributed by atoms with E-state index in [2.05, 4.69) is 4.90 Å². The van der Waals surface area contributed by atoms with Crippen molar-refractivity contribution in [3.8, 4) is 0 Å². The number of halogens is 3. The Morgan fingerprint density at radius 3 is 2.67 bits per heavy atom. The number of nitrogens with zero attached hydrogens (tertiary/aromatic N) is 2. The average molecular weight is 300 g/mol. The second kappa shape index (κ2) is 6.05. The second-order valence-electron chi connectivity index (χ2n) is 5.69. The van der Waals surface area contributed by atoms with Gasteiger partial charge in [0.2, 0.25) is 0 Å². The van der Waals surface area contributed by atoms with Gasteiger partial charge in [-0.05, 0) is 44.1 Å². The lowest BCUT2D eigenvalue weighted by molar-refractivity contribution is -0.137. The first-order valence-electron chi connectivity index (χ1n) is 6.87. The number of hydrogen-bond acceptors (Lipinski definition) is 3. The Balaban J connectivity index is 2.23. The predicted octanol–water partition coefficient (Wildman–Crippen LogP) is 2.91. The Kier molecular flexibility index (Phi) is 4.56. The third kappa shape index (κ3) is 3.75. The van der Waals surface area contributed by atoms with Crippen molar-refractivity contribution in [2.24, 2.45) is 5.92 Å². The maximum atomic E-state index is 13.1. The van der Waals surface area contributed by atoms with Crippen LogP contribution in [-0.4, -0.2) is 44.9 Å². The number of aldehydes is 1. The smallest absolute Gasteiger partial charge is 0.374 e. The van der Waals surface area contributed by atoms with Gasteiger partial charge in [0.05, 0.1) is 5.56 Å². The summed E-state index contributed by atoms with van der Waals surface area (Å²) in [5.41, 5.74) is -0.580. The largest absolute Gasteiger partial charge is 0.418 e. The Morgan fingerprint density at radius 1 is 1.43 bits per heavy atom. The molecule has 21 heavy (non-hydrogen) atoms. The van der Waals surface area contributed by atoms with Gasteiger partial charge >= 0.3 is 6.18 Å². The molecule has 1 aliphatic rings. The van der Waals surface area contributed by atoms with Gasteiger partial charge in [-0.2, -0.15) is 13.2 Å². The zero-order valence-electron chi connectivity index (χ0n) is 12.2. The van der Waals surface area contributed by atoms with Crippen LogP contribution in [0.2, 0.25) is 0 Å². The molecule has 0 radical (unpaired) electrons. The van der Waals surface area contributed by atoms with E-state index in [0.717, 1.165) is 25.6 Å². The molecule has 1 aliphatic heterocycles. The number of benzene rings is 1. The average Bonchev–Trinajstić information content (AvgIpc) is 2.82. The molecule has 1 saturated heterocycles. The fraction of sp³-hybridized carbons (Fsp3) is 0.533. The van der Waals surface area contributed by atoms with Crippen molar-refractivity contribution in [3.05, 3.63) is 29.3 Å². The first kappa shape index (κ1) is 15.8. The van der Waals surface area contributed by atoms with Gasteiger partial charge in [-0.15, -0.1) is 0 Å². The van der Waals surface area contributed by atoms with E-state index in [0.29, 0.717) is 18.7 Å². The summed E-state index contributed by atoms with van der Waals surface area (Å²) in [6.07, 6.45) is -3.03. The summed E-state index contributed by atoms with van der Waals surface area (Å²) in [6.45, 7) is 2.46. The van der Waals surface area contributed by atoms with Crippen LogP contribution in [0.4, 0.5) is 18.9 Å². The maximum Gasteiger partial charge on any atom is 0.418 e. The van der Waals surface area contributed by atoms with Crippen LogP contribution in [0.25, 0.3) is 0 Å². The van der Waals surface area contributed by atoms with E-state index in [4.69, 9.17) is 0 Å². The van der Waals surface area contributed by atoms with Crippen molar-refractivity contribution in [1.82, 2.24) is 4.90 Å². The SMILES string of the molecule is CN1CCC(CN(C)c2ccc(C=O)cc2C(F)(F)F)C1. The normalized spacial score (nSPS) is 19.8. The highest BCUT2D eigenvalue weighted by Gasteiger charge is 2.35. The number of carbonyl (C=O) groups excluding carboxylic acids is 1. The molecular formula is C15H19F3N2O. The molecule has 3 nitrogen and oxygen atoms in total. The summed E-state index contributed by atoms with van der Waals surface area (Å²) in [5.74, 6) is 0.367. The van der Waals surface area contributed by atoms with Gasteiger partial charge in [0.1, 0.15) is 6.29 Å². The van der Waals surface area contributed by atoms with E-state index in [1.165, 1.54) is 12.1 Å². The molecule has 1 aromatic carbocycles. The highest BCUT2D eigenvalue weighted by atomic mass is 19.4. The Labute approximate surface area is 122 Å². The van der Waals surface area contributed by atoms with Crippen LogP contribution in [0.15, 0.2) is 18.2 Å². The van der Waals surface area contributed by atoms with Crippen molar-refractivity contribution in [1.29, 1.82) is 0 Å². The molecule has 0 aliphatic carbocycles. The van der Waals surface area contributed by atoms with Crippen LogP contribution in [0.3, 0.4) is 0 Å². The van der Waals surface area contributed by atoms with Crippen LogP contribution in [0.1, 0.15) is 22.3 Å². The zero-order chi connectivity index (χ0) is 15.6. The van der Waals surface area contributed by atoms with Crippen molar-refractivity contribution < 1.29 is 18.0 Å². The number of anilines is 1. The van der Waals surface area contributed by atoms with Crippen LogP contribution in [0, 0.1) is 5.92 Å². The molecule has 1 fully saturated rings. The molecule has 0 spiro atoms. The first-order valence-corrected chi connectivity index (χ1v) is 6.87. The Hall–Kier alpha value is -1.56. The molecule has 0 amide bonds. The molecule has 0 saturated carbocycles. The number of rotatable bonds is 4. The zero-order valence-corrected chi connectivity index (χ0v) is 12.2. The first-order chi connectivity index (χ1) is 9.81. The monoisotopic (exact) mass is 300 g/mol. The molecule has 0 N–H and O–H groups in total. The molecule has 1 heterocycles. The summed E-state index contributed by atoms with van der Waals surface area (Å²) >= 11 is 0. The van der Waals surface area contributed by atoms with E-state index >= 15 is 0 Å². The molecule has 0 aromatic heterocycles. The maximum absolute atomic E-state index is 13.1. The van der Waals surface area contributed by atoms with Crippen LogP contribution in [0.5, 0.6) is 0 Å². The lowest BCUT2D eigenvalue weighted by atomic mass is 10.1. The van der Waals surface area contributed by atoms with Gasteiger partial charge in [-0.1, -0.05) is 0 Å². The minimum atomic E-state index is -4.46. The highest BCUT2D eigenvalue weighted by Crippen LogP contribution is 2.37. The van der Waals surface area contributed by atoms with Crippen molar-refractivity contribution in [2.45, 2.75) is 12.6 Å². The molecular weight excluding hydrogens is 281 g/mol. The summed E-state index contributed by atoms with van der Waals surface area (Å²) in [5, 5.41) is 0. The summed E-state index contributed by atoms with van der Waals surface area (Å²) in [6, 6.07) is 3.72. The van der Waals surface area contributed by atoms with Crippen molar-refractivity contribution in [2.75, 3.05) is 38.6 Å². The van der Waals surface area contributed by atoms with Gasteiger partial charge in [-0.25, -0.2) is 0 Å². The fourth-order valence-corrected chi connectivity index (χ4v) is 2.85. The lowest BCUT2D eigenvalue weighted by Gasteiger charge is -2.26. The Morgan fingerprint density at radius 2 is 2.14 bits per heavy atom. The second-order valence-corrected chi connectivity index (χ2v) is 5.69. The molecule has 2 rings (SSSR count). The number of carbonyl (C=O) groups is 1. The van der Waals surface area contributed by atoms with Gasteiger partial charge in [0.15, 0.2) is 0 Å². The van der Waals surface area contributed by atoms with Gasteiger partial charge in [0.25, 0.3) is 0 Å². The van der Waals surface area contributed by atoms with Crippen LogP contribution < -0.4 is 4.90 Å². The molecule has 116 valence electrons. The molecule has 1 unspecified atom stereocenters. The van der Waals surface area contributed by atoms with Gasteiger partial charge in [0, 0.05) is 31.4 Å². The van der Waals surface area contributed by atoms with Crippen LogP contribution in [-0.2, 0) is 6.18 Å². The van der Waals surface area contributed by atoms with Gasteiger partial charge < -0.3 is 9.80 Å². The summed E-state index contributed by atoms with van der Waals surface area (Å²) < 4.78 is 39.4. The number of hydrogen-bond donors (Lipinski definition) is 0. The standard InChI is InChI=1S/C15H19F3N2O/c1-19-6-5-12(8-19)9-20(2)14-4-3-11(10-21)7-13(14)15(16,17)18/h3-4,7,10,12H,5-6,8-9H2,1-2H3. The highest BCUT2D eigenvalue weighted by molar-refractivity contribution is 5.77. The molecule has 1 aromatic rings. The molecule has 0 bridgehead atoms. The number of alkyl halides is 3. The molecule has 1 atom stereocenters. The Bertz CT molecular complexity index is 516. The van der Waals surface area contributed by atoms with Crippen LogP contribution >= 0.6 is 0 Å². The summed E-state index contributed by atoms with van der Waals surface area (Å²) in [4.78, 5) is 14.5. The minimum absolute atomic E-state index is 0.0417. The van der Waals surface area contributed by atoms with E-state index < -0.39 is 11.7 Å². The predicted molar refractivity (Wildman–Crippen MR) is 75.7 cm³/mol. The summed E-state index contributed by atoms with van der Waals surface area (Å²) in [7, 11) is 3.68. The quantitative estimate of drug-likeness (QED) is 0.799. The third-order valence-electron chi connectivity index (χ3n) is 3.89. The van der Waals surface area contributed by atoms with Crippen molar-refractivity contribution in [3.63, 3.8) is 0 Å². The lowest BCUT2D eigenvalue weighted by Crippen LogP contribution is -2.29. The third-order valence-corrected chi connectivity index (χ3v) is 3.89. The van der Waals surface area contributed by atoms with E-state index in [1.807, 2.05) is 7.05 Å². The topological polar surface area (TPSA) is 23.6 Å². The van der Waals surface area contributed by atoms with E-state index in [9.17, 15) is 18.0 Å². The molecule has 6 heteroatoms. The van der Waals surface area contributed by atoms with E-state index in [1.54, 1.807) is 11.9 Å². The minimum Gasteiger partial charge on any atom is -0.374 e.